The summed E-state index contributed by atoms with van der Waals surface area (Å²) in [7, 11) is 0. The highest BCUT2D eigenvalue weighted by molar-refractivity contribution is 7.99. The smallest absolute Gasteiger partial charge is 0.00755 e. The summed E-state index contributed by atoms with van der Waals surface area (Å²) in [5, 5.41) is 1.52. The van der Waals surface area contributed by atoms with Crippen LogP contribution in [0, 0.1) is 35.5 Å². The normalized spacial score (nSPS) is 41.5. The van der Waals surface area contributed by atoms with Gasteiger partial charge in [-0.25, -0.2) is 0 Å². The number of thiol groups is 2. The van der Waals surface area contributed by atoms with Crippen molar-refractivity contribution in [2.75, 3.05) is 11.5 Å². The van der Waals surface area contributed by atoms with Crippen molar-refractivity contribution in [3.63, 3.8) is 0 Å². The van der Waals surface area contributed by atoms with E-state index in [1.807, 2.05) is 0 Å². The molecule has 0 aromatic rings. The maximum Gasteiger partial charge on any atom is 0.00755 e. The molecule has 2 rings (SSSR count). The molecular weight excluding hydrogens is 336 g/mol. The molecule has 2 aliphatic carbocycles. The Morgan fingerprint density at radius 3 is 2.13 bits per heavy atom. The van der Waals surface area contributed by atoms with Crippen molar-refractivity contribution < 1.29 is 0 Å². The molecule has 23 heavy (non-hydrogen) atoms. The van der Waals surface area contributed by atoms with Gasteiger partial charge in [-0.3, -0.25) is 0 Å². The first kappa shape index (κ1) is 20.4. The Labute approximate surface area is 160 Å². The molecule has 0 heterocycles. The Hall–Kier alpha value is 1.05. The number of rotatable bonds is 6. The van der Waals surface area contributed by atoms with Crippen molar-refractivity contribution >= 4 is 37.0 Å². The standard InChI is InChI=1S/C20H38S3/c1-13-5-7-17(9-19(13)22)16(4)12-23-20-10-18(15(3)11-21)8-6-14(20)2/h13-22H,5-12H2,1-4H3. The Bertz CT molecular complexity index is 346. The third-order valence-corrected chi connectivity index (χ3v) is 9.93. The van der Waals surface area contributed by atoms with E-state index in [0.29, 0.717) is 5.25 Å². The van der Waals surface area contributed by atoms with Gasteiger partial charge in [0.05, 0.1) is 0 Å². The van der Waals surface area contributed by atoms with Crippen molar-refractivity contribution in [1.29, 1.82) is 0 Å². The van der Waals surface area contributed by atoms with Gasteiger partial charge in [0, 0.05) is 10.5 Å². The summed E-state index contributed by atoms with van der Waals surface area (Å²) in [4.78, 5) is 0. The number of hydrogen-bond donors (Lipinski definition) is 2. The lowest BCUT2D eigenvalue weighted by Crippen LogP contribution is -2.31. The summed E-state index contributed by atoms with van der Waals surface area (Å²) in [6, 6.07) is 0. The zero-order chi connectivity index (χ0) is 17.0. The Morgan fingerprint density at radius 2 is 1.52 bits per heavy atom. The van der Waals surface area contributed by atoms with Gasteiger partial charge in [0.25, 0.3) is 0 Å². The second kappa shape index (κ2) is 9.67. The van der Waals surface area contributed by atoms with E-state index >= 15 is 0 Å². The van der Waals surface area contributed by atoms with Crippen LogP contribution in [-0.2, 0) is 0 Å². The van der Waals surface area contributed by atoms with Crippen LogP contribution in [0.5, 0.6) is 0 Å². The lowest BCUT2D eigenvalue weighted by atomic mass is 9.77. The van der Waals surface area contributed by atoms with Gasteiger partial charge in [-0.1, -0.05) is 27.7 Å². The number of hydrogen-bond acceptors (Lipinski definition) is 3. The van der Waals surface area contributed by atoms with E-state index in [9.17, 15) is 0 Å². The van der Waals surface area contributed by atoms with Crippen molar-refractivity contribution in [3.05, 3.63) is 0 Å². The fourth-order valence-corrected chi connectivity index (χ4v) is 6.86. The topological polar surface area (TPSA) is 0 Å². The molecule has 0 amide bonds. The molecule has 0 aromatic carbocycles. The second-order valence-electron chi connectivity index (χ2n) is 8.68. The largest absolute Gasteiger partial charge is 0.179 e. The minimum absolute atomic E-state index is 0.635. The molecule has 0 radical (unpaired) electrons. The first-order valence-corrected chi connectivity index (χ1v) is 12.0. The molecule has 0 saturated heterocycles. The maximum atomic E-state index is 4.83. The van der Waals surface area contributed by atoms with Crippen LogP contribution in [-0.4, -0.2) is 22.0 Å². The van der Waals surface area contributed by atoms with Crippen molar-refractivity contribution in [3.8, 4) is 0 Å². The summed E-state index contributed by atoms with van der Waals surface area (Å²) < 4.78 is 0. The first-order valence-electron chi connectivity index (χ1n) is 9.82. The molecule has 0 aromatic heterocycles. The van der Waals surface area contributed by atoms with Gasteiger partial charge in [-0.05, 0) is 85.5 Å². The summed E-state index contributed by atoms with van der Waals surface area (Å²) in [5.41, 5.74) is 0. The van der Waals surface area contributed by atoms with E-state index < -0.39 is 0 Å². The first-order chi connectivity index (χ1) is 10.9. The lowest BCUT2D eigenvalue weighted by Gasteiger charge is -2.38. The zero-order valence-electron chi connectivity index (χ0n) is 15.6. The average molecular weight is 375 g/mol. The molecule has 2 fully saturated rings. The number of thioether (sulfide) groups is 1. The van der Waals surface area contributed by atoms with Gasteiger partial charge in [-0.15, -0.1) is 0 Å². The SMILES string of the molecule is CC1CCC(C(C)CSC2CC(C(C)CS)CCC2C)CC1S. The van der Waals surface area contributed by atoms with Crippen LogP contribution in [0.1, 0.15) is 66.2 Å². The Kier molecular flexibility index (Phi) is 8.56. The molecule has 0 aliphatic heterocycles. The predicted molar refractivity (Wildman–Crippen MR) is 114 cm³/mol. The molecule has 2 aliphatic rings. The predicted octanol–water partition coefficient (Wildman–Crippen LogP) is 6.46. The van der Waals surface area contributed by atoms with Crippen LogP contribution in [0.3, 0.4) is 0 Å². The molecule has 0 N–H and O–H groups in total. The summed E-state index contributed by atoms with van der Waals surface area (Å²) in [6.07, 6.45) is 8.43. The highest BCUT2D eigenvalue weighted by atomic mass is 32.2. The van der Waals surface area contributed by atoms with Gasteiger partial charge >= 0.3 is 0 Å². The molecule has 8 atom stereocenters. The fourth-order valence-electron chi connectivity index (χ4n) is 4.47. The van der Waals surface area contributed by atoms with Crippen molar-refractivity contribution in [1.82, 2.24) is 0 Å². The van der Waals surface area contributed by atoms with Crippen molar-refractivity contribution in [2.24, 2.45) is 35.5 Å². The highest BCUT2D eigenvalue weighted by Gasteiger charge is 2.32. The van der Waals surface area contributed by atoms with E-state index in [0.717, 1.165) is 46.5 Å². The van der Waals surface area contributed by atoms with E-state index in [1.165, 1.54) is 44.3 Å². The van der Waals surface area contributed by atoms with Crippen LogP contribution in [0.25, 0.3) is 0 Å². The van der Waals surface area contributed by atoms with E-state index in [4.69, 9.17) is 12.6 Å². The van der Waals surface area contributed by atoms with Gasteiger partial charge < -0.3 is 0 Å². The van der Waals surface area contributed by atoms with Gasteiger partial charge in [0.2, 0.25) is 0 Å². The van der Waals surface area contributed by atoms with Crippen molar-refractivity contribution in [2.45, 2.75) is 76.7 Å². The third-order valence-electron chi connectivity index (χ3n) is 6.83. The summed E-state index contributed by atoms with van der Waals surface area (Å²) in [6.45, 7) is 9.75. The molecular formula is C20H38S3. The monoisotopic (exact) mass is 374 g/mol. The fraction of sp³-hybridized carbons (Fsp3) is 1.00. The van der Waals surface area contributed by atoms with Crippen LogP contribution in [0.15, 0.2) is 0 Å². The molecule has 0 nitrogen and oxygen atoms in total. The molecule has 0 bridgehead atoms. The second-order valence-corrected chi connectivity index (χ2v) is 11.0. The zero-order valence-corrected chi connectivity index (χ0v) is 18.2. The van der Waals surface area contributed by atoms with Gasteiger partial charge in [-0.2, -0.15) is 37.0 Å². The molecule has 2 saturated carbocycles. The molecule has 136 valence electrons. The quantitative estimate of drug-likeness (QED) is 0.503. The Balaban J connectivity index is 1.79. The minimum Gasteiger partial charge on any atom is -0.179 e. The summed E-state index contributed by atoms with van der Waals surface area (Å²) >= 11 is 11.6. The van der Waals surface area contributed by atoms with Crippen LogP contribution >= 0.6 is 37.0 Å². The van der Waals surface area contributed by atoms with Gasteiger partial charge in [0.15, 0.2) is 0 Å². The van der Waals surface area contributed by atoms with Gasteiger partial charge in [0.1, 0.15) is 0 Å². The lowest BCUT2D eigenvalue weighted by molar-refractivity contribution is 0.239. The third kappa shape index (κ3) is 5.78. The average Bonchev–Trinajstić information content (AvgIpc) is 2.55. The maximum absolute atomic E-state index is 4.83. The molecule has 3 heteroatoms. The summed E-state index contributed by atoms with van der Waals surface area (Å²) in [5.74, 6) is 7.59. The Morgan fingerprint density at radius 1 is 0.913 bits per heavy atom. The van der Waals surface area contributed by atoms with Crippen LogP contribution in [0.4, 0.5) is 0 Å². The van der Waals surface area contributed by atoms with E-state index in [2.05, 4.69) is 52.1 Å². The highest BCUT2D eigenvalue weighted by Crippen LogP contribution is 2.42. The molecule has 8 unspecified atom stereocenters. The van der Waals surface area contributed by atoms with Crippen LogP contribution < -0.4 is 0 Å². The minimum atomic E-state index is 0.635. The molecule has 0 spiro atoms. The van der Waals surface area contributed by atoms with Crippen LogP contribution in [0.2, 0.25) is 0 Å². The van der Waals surface area contributed by atoms with E-state index in [-0.39, 0.29) is 0 Å². The van der Waals surface area contributed by atoms with E-state index in [1.54, 1.807) is 0 Å².